The van der Waals surface area contributed by atoms with Crippen LogP contribution in [0.1, 0.15) is 24.5 Å². The molecule has 0 aliphatic carbocycles. The number of thiazole rings is 1. The molecule has 114 valence electrons. The van der Waals surface area contributed by atoms with Gasteiger partial charge < -0.3 is 15.1 Å². The van der Waals surface area contributed by atoms with Crippen LogP contribution in [-0.4, -0.2) is 42.1 Å². The molecule has 1 aliphatic heterocycles. The zero-order chi connectivity index (χ0) is 14.8. The van der Waals surface area contributed by atoms with Crippen LogP contribution in [0.15, 0.2) is 28.1 Å². The first-order valence-electron chi connectivity index (χ1n) is 7.35. The van der Waals surface area contributed by atoms with Crippen molar-refractivity contribution in [3.05, 3.63) is 35.2 Å². The van der Waals surface area contributed by atoms with E-state index in [2.05, 4.69) is 27.8 Å². The summed E-state index contributed by atoms with van der Waals surface area (Å²) in [5.74, 6) is 1.92. The van der Waals surface area contributed by atoms with Crippen LogP contribution in [0.4, 0.5) is 5.13 Å². The highest BCUT2D eigenvalue weighted by Crippen LogP contribution is 2.28. The third kappa shape index (κ3) is 3.12. The quantitative estimate of drug-likeness (QED) is 0.939. The molecule has 3 rings (SSSR count). The molecule has 21 heavy (non-hydrogen) atoms. The molecule has 2 aromatic heterocycles. The standard InChI is InChI=1S/C15H22N4OS/c1-11-3-4-13(20-11)14(12(2)16)18-6-8-19(9-7-18)15-17-5-10-21-15/h3-5,10,12,14H,6-9,16H2,1-2H3. The fraction of sp³-hybridized carbons (Fsp3) is 0.533. The number of hydrogen-bond donors (Lipinski definition) is 1. The Bertz CT molecular complexity index is 558. The second kappa shape index (κ2) is 6.17. The van der Waals surface area contributed by atoms with Crippen molar-refractivity contribution in [2.45, 2.75) is 25.9 Å². The van der Waals surface area contributed by atoms with Gasteiger partial charge in [-0.1, -0.05) is 0 Å². The van der Waals surface area contributed by atoms with Crippen LogP contribution in [0.3, 0.4) is 0 Å². The molecular weight excluding hydrogens is 284 g/mol. The number of anilines is 1. The van der Waals surface area contributed by atoms with Gasteiger partial charge in [0.2, 0.25) is 0 Å². The van der Waals surface area contributed by atoms with E-state index in [1.807, 2.05) is 24.6 Å². The van der Waals surface area contributed by atoms with Crippen LogP contribution in [0.2, 0.25) is 0 Å². The molecule has 2 aromatic rings. The number of hydrogen-bond acceptors (Lipinski definition) is 6. The minimum atomic E-state index is 0.0435. The molecule has 0 aromatic carbocycles. The van der Waals surface area contributed by atoms with Gasteiger partial charge in [0.15, 0.2) is 5.13 Å². The number of rotatable bonds is 4. The Balaban J connectivity index is 1.69. The Kier molecular flexibility index (Phi) is 4.28. The van der Waals surface area contributed by atoms with Gasteiger partial charge in [0, 0.05) is 43.8 Å². The fourth-order valence-corrected chi connectivity index (χ4v) is 3.64. The van der Waals surface area contributed by atoms with Gasteiger partial charge >= 0.3 is 0 Å². The highest BCUT2D eigenvalue weighted by atomic mass is 32.1. The summed E-state index contributed by atoms with van der Waals surface area (Å²) < 4.78 is 5.81. The molecule has 1 aliphatic rings. The lowest BCUT2D eigenvalue weighted by molar-refractivity contribution is 0.145. The Morgan fingerprint density at radius 1 is 1.29 bits per heavy atom. The first kappa shape index (κ1) is 14.6. The molecule has 2 atom stereocenters. The zero-order valence-electron chi connectivity index (χ0n) is 12.5. The van der Waals surface area contributed by atoms with Gasteiger partial charge in [-0.2, -0.15) is 0 Å². The predicted octanol–water partition coefficient (Wildman–Crippen LogP) is 2.26. The lowest BCUT2D eigenvalue weighted by Crippen LogP contribution is -2.50. The number of nitrogens with two attached hydrogens (primary N) is 1. The molecule has 0 radical (unpaired) electrons. The van der Waals surface area contributed by atoms with Crippen molar-refractivity contribution in [1.29, 1.82) is 0 Å². The van der Waals surface area contributed by atoms with Crippen molar-refractivity contribution in [1.82, 2.24) is 9.88 Å². The van der Waals surface area contributed by atoms with Gasteiger partial charge in [-0.15, -0.1) is 11.3 Å². The molecular formula is C15H22N4OS. The highest BCUT2D eigenvalue weighted by Gasteiger charge is 2.30. The Morgan fingerprint density at radius 3 is 2.57 bits per heavy atom. The van der Waals surface area contributed by atoms with Gasteiger partial charge in [-0.05, 0) is 26.0 Å². The summed E-state index contributed by atoms with van der Waals surface area (Å²) >= 11 is 1.70. The summed E-state index contributed by atoms with van der Waals surface area (Å²) in [6, 6.07) is 4.26. The van der Waals surface area contributed by atoms with Crippen LogP contribution in [0.25, 0.3) is 0 Å². The zero-order valence-corrected chi connectivity index (χ0v) is 13.3. The maximum absolute atomic E-state index is 6.21. The first-order chi connectivity index (χ1) is 10.1. The van der Waals surface area contributed by atoms with Crippen LogP contribution in [0.5, 0.6) is 0 Å². The Labute approximate surface area is 129 Å². The number of aryl methyl sites for hydroxylation is 1. The van der Waals surface area contributed by atoms with Crippen LogP contribution >= 0.6 is 11.3 Å². The molecule has 0 amide bonds. The lowest BCUT2D eigenvalue weighted by Gasteiger charge is -2.39. The molecule has 5 nitrogen and oxygen atoms in total. The van der Waals surface area contributed by atoms with Crippen LogP contribution in [0, 0.1) is 6.92 Å². The molecule has 0 saturated carbocycles. The van der Waals surface area contributed by atoms with Crippen molar-refractivity contribution in [2.24, 2.45) is 5.73 Å². The number of furan rings is 1. The monoisotopic (exact) mass is 306 g/mol. The molecule has 2 N–H and O–H groups in total. The summed E-state index contributed by atoms with van der Waals surface area (Å²) in [6.07, 6.45) is 1.86. The van der Waals surface area contributed by atoms with E-state index in [-0.39, 0.29) is 12.1 Å². The van der Waals surface area contributed by atoms with E-state index in [4.69, 9.17) is 10.2 Å². The fourth-order valence-electron chi connectivity index (χ4n) is 2.95. The summed E-state index contributed by atoms with van der Waals surface area (Å²) in [5.41, 5.74) is 6.21. The summed E-state index contributed by atoms with van der Waals surface area (Å²) in [5, 5.41) is 3.14. The van der Waals surface area contributed by atoms with Crippen molar-refractivity contribution in [3.8, 4) is 0 Å². The summed E-state index contributed by atoms with van der Waals surface area (Å²) in [6.45, 7) is 7.95. The van der Waals surface area contributed by atoms with E-state index >= 15 is 0 Å². The molecule has 6 heteroatoms. The van der Waals surface area contributed by atoms with Crippen molar-refractivity contribution in [3.63, 3.8) is 0 Å². The SMILES string of the molecule is Cc1ccc(C(C(C)N)N2CCN(c3nccs3)CC2)o1. The van der Waals surface area contributed by atoms with Gasteiger partial charge in [-0.3, -0.25) is 4.90 Å². The maximum Gasteiger partial charge on any atom is 0.185 e. The van der Waals surface area contributed by atoms with Gasteiger partial charge in [0.25, 0.3) is 0 Å². The van der Waals surface area contributed by atoms with Crippen LogP contribution in [-0.2, 0) is 0 Å². The van der Waals surface area contributed by atoms with Crippen molar-refractivity contribution in [2.75, 3.05) is 31.1 Å². The predicted molar refractivity (Wildman–Crippen MR) is 85.7 cm³/mol. The lowest BCUT2D eigenvalue weighted by atomic mass is 10.1. The maximum atomic E-state index is 6.21. The molecule has 0 spiro atoms. The van der Waals surface area contributed by atoms with E-state index in [1.54, 1.807) is 11.3 Å². The van der Waals surface area contributed by atoms with Crippen molar-refractivity contribution < 1.29 is 4.42 Å². The van der Waals surface area contributed by atoms with E-state index in [9.17, 15) is 0 Å². The average molecular weight is 306 g/mol. The minimum Gasteiger partial charge on any atom is -0.465 e. The second-order valence-electron chi connectivity index (χ2n) is 5.59. The highest BCUT2D eigenvalue weighted by molar-refractivity contribution is 7.13. The minimum absolute atomic E-state index is 0.0435. The first-order valence-corrected chi connectivity index (χ1v) is 8.23. The van der Waals surface area contributed by atoms with E-state index in [0.29, 0.717) is 0 Å². The van der Waals surface area contributed by atoms with Crippen molar-refractivity contribution >= 4 is 16.5 Å². The van der Waals surface area contributed by atoms with Crippen LogP contribution < -0.4 is 10.6 Å². The largest absolute Gasteiger partial charge is 0.465 e. The van der Waals surface area contributed by atoms with E-state index in [1.165, 1.54) is 0 Å². The molecule has 1 fully saturated rings. The Morgan fingerprint density at radius 2 is 2.05 bits per heavy atom. The topological polar surface area (TPSA) is 58.5 Å². The molecule has 2 unspecified atom stereocenters. The third-order valence-corrected chi connectivity index (χ3v) is 4.78. The normalized spacial score (nSPS) is 19.7. The summed E-state index contributed by atoms with van der Waals surface area (Å²) in [4.78, 5) is 9.15. The van der Waals surface area contributed by atoms with E-state index in [0.717, 1.165) is 42.8 Å². The Hall–Kier alpha value is -1.37. The van der Waals surface area contributed by atoms with Gasteiger partial charge in [-0.25, -0.2) is 4.98 Å². The number of nitrogens with zero attached hydrogens (tertiary/aromatic N) is 3. The molecule has 0 bridgehead atoms. The van der Waals surface area contributed by atoms with Gasteiger partial charge in [0.1, 0.15) is 11.5 Å². The van der Waals surface area contributed by atoms with Gasteiger partial charge in [0.05, 0.1) is 6.04 Å². The molecule has 3 heterocycles. The summed E-state index contributed by atoms with van der Waals surface area (Å²) in [7, 11) is 0. The average Bonchev–Trinajstić information content (AvgIpc) is 3.11. The number of piperazine rings is 1. The molecule has 1 saturated heterocycles. The third-order valence-electron chi connectivity index (χ3n) is 3.95. The number of aromatic nitrogens is 1. The van der Waals surface area contributed by atoms with E-state index < -0.39 is 0 Å². The smallest absolute Gasteiger partial charge is 0.185 e. The second-order valence-corrected chi connectivity index (χ2v) is 6.46.